The molecular weight excluding hydrogens is 334 g/mol. The van der Waals surface area contributed by atoms with Gasteiger partial charge in [0, 0.05) is 24.7 Å². The van der Waals surface area contributed by atoms with Crippen molar-refractivity contribution in [1.29, 1.82) is 0 Å². The number of carbonyl (C=O) groups is 2. The molecule has 0 aromatic rings. The highest BCUT2D eigenvalue weighted by Gasteiger charge is 2.16. The summed E-state index contributed by atoms with van der Waals surface area (Å²) in [6.07, 6.45) is 6.18. The van der Waals surface area contributed by atoms with Gasteiger partial charge in [-0.25, -0.2) is 9.59 Å². The van der Waals surface area contributed by atoms with Crippen LogP contribution in [-0.4, -0.2) is 61.4 Å². The van der Waals surface area contributed by atoms with Gasteiger partial charge in [-0.15, -0.1) is 0 Å². The number of nitrogens with zero attached hydrogens (tertiary/aromatic N) is 1. The molecule has 1 fully saturated rings. The Morgan fingerprint density at radius 2 is 1.77 bits per heavy atom. The molecule has 1 N–H and O–H groups in total. The van der Waals surface area contributed by atoms with E-state index in [0.29, 0.717) is 13.0 Å². The number of carboxylic acid groups (broad SMARTS) is 1. The van der Waals surface area contributed by atoms with Gasteiger partial charge in [0.25, 0.3) is 0 Å². The van der Waals surface area contributed by atoms with Crippen LogP contribution >= 0.6 is 0 Å². The molecule has 0 radical (unpaired) electrons. The van der Waals surface area contributed by atoms with Crippen LogP contribution < -0.4 is 0 Å². The molecule has 1 aliphatic rings. The molecule has 1 heterocycles. The average Bonchev–Trinajstić information content (AvgIpc) is 2.56. The first-order valence-corrected chi connectivity index (χ1v) is 9.69. The van der Waals surface area contributed by atoms with E-state index < -0.39 is 11.9 Å². The zero-order chi connectivity index (χ0) is 19.4. The Morgan fingerprint density at radius 3 is 2.38 bits per heavy atom. The van der Waals surface area contributed by atoms with Crippen molar-refractivity contribution in [3.8, 4) is 0 Å². The maximum atomic E-state index is 12.1. The molecule has 1 aliphatic heterocycles. The van der Waals surface area contributed by atoms with Crippen molar-refractivity contribution in [1.82, 2.24) is 4.90 Å². The van der Waals surface area contributed by atoms with Crippen molar-refractivity contribution in [2.45, 2.75) is 59.3 Å². The Morgan fingerprint density at radius 1 is 1.12 bits per heavy atom. The number of rotatable bonds is 11. The highest BCUT2D eigenvalue weighted by Crippen LogP contribution is 2.19. The summed E-state index contributed by atoms with van der Waals surface area (Å²) in [7, 11) is 0. The first kappa shape index (κ1) is 22.6. The summed E-state index contributed by atoms with van der Waals surface area (Å²) in [5.41, 5.74) is 0.344. The third-order valence-electron chi connectivity index (χ3n) is 4.42. The smallest absolute Gasteiger partial charge is 0.334 e. The number of morpholine rings is 1. The number of ether oxygens (including phenoxy) is 2. The Kier molecular flexibility index (Phi) is 10.5. The number of hydrogen-bond donors (Lipinski definition) is 1. The third kappa shape index (κ3) is 11.3. The molecule has 26 heavy (non-hydrogen) atoms. The molecule has 6 heteroatoms. The fourth-order valence-electron chi connectivity index (χ4n) is 2.75. The van der Waals surface area contributed by atoms with Gasteiger partial charge in [0.1, 0.15) is 0 Å². The van der Waals surface area contributed by atoms with Crippen LogP contribution in [0.4, 0.5) is 0 Å². The fraction of sp³-hybridized carbons (Fsp3) is 0.800. The molecule has 1 rings (SSSR count). The number of hydrogen-bond acceptors (Lipinski definition) is 5. The van der Waals surface area contributed by atoms with Gasteiger partial charge in [0.05, 0.1) is 19.8 Å². The van der Waals surface area contributed by atoms with Crippen LogP contribution in [0.15, 0.2) is 11.6 Å². The van der Waals surface area contributed by atoms with Crippen LogP contribution in [0.1, 0.15) is 59.3 Å². The SMILES string of the molecule is CC(C)(C)CCOC(=O)/C(=C/C(=O)O)CCCCCCN1CCOCC1. The topological polar surface area (TPSA) is 76.1 Å². The molecule has 0 atom stereocenters. The lowest BCUT2D eigenvalue weighted by molar-refractivity contribution is -0.140. The molecule has 0 bridgehead atoms. The Hall–Kier alpha value is -1.40. The zero-order valence-electron chi connectivity index (χ0n) is 16.6. The number of esters is 1. The summed E-state index contributed by atoms with van der Waals surface area (Å²) in [6.45, 7) is 11.3. The third-order valence-corrected chi connectivity index (χ3v) is 4.42. The van der Waals surface area contributed by atoms with Gasteiger partial charge in [-0.3, -0.25) is 4.90 Å². The van der Waals surface area contributed by atoms with Gasteiger partial charge in [0.15, 0.2) is 0 Å². The minimum atomic E-state index is -1.10. The zero-order valence-corrected chi connectivity index (χ0v) is 16.6. The van der Waals surface area contributed by atoms with E-state index in [1.165, 1.54) is 0 Å². The van der Waals surface area contributed by atoms with Crippen molar-refractivity contribution in [2.24, 2.45) is 5.41 Å². The van der Waals surface area contributed by atoms with Gasteiger partial charge in [-0.05, 0) is 37.6 Å². The summed E-state index contributed by atoms with van der Waals surface area (Å²) in [4.78, 5) is 25.5. The Labute approximate surface area is 157 Å². The van der Waals surface area contributed by atoms with Crippen LogP contribution in [0, 0.1) is 5.41 Å². The summed E-state index contributed by atoms with van der Waals surface area (Å²) in [5.74, 6) is -1.59. The van der Waals surface area contributed by atoms with Crippen LogP contribution in [0.5, 0.6) is 0 Å². The van der Waals surface area contributed by atoms with Gasteiger partial charge in [-0.2, -0.15) is 0 Å². The van der Waals surface area contributed by atoms with Crippen LogP contribution in [-0.2, 0) is 19.1 Å². The molecule has 0 saturated carbocycles. The molecule has 0 spiro atoms. The van der Waals surface area contributed by atoms with Crippen molar-refractivity contribution in [3.05, 3.63) is 11.6 Å². The minimum Gasteiger partial charge on any atom is -0.478 e. The van der Waals surface area contributed by atoms with Crippen molar-refractivity contribution >= 4 is 11.9 Å². The first-order valence-electron chi connectivity index (χ1n) is 9.69. The predicted molar refractivity (Wildman–Crippen MR) is 101 cm³/mol. The molecule has 0 amide bonds. The normalized spacial score (nSPS) is 16.5. The minimum absolute atomic E-state index is 0.0808. The van der Waals surface area contributed by atoms with Gasteiger partial charge >= 0.3 is 11.9 Å². The van der Waals surface area contributed by atoms with Crippen molar-refractivity contribution < 1.29 is 24.2 Å². The quantitative estimate of drug-likeness (QED) is 0.342. The van der Waals surface area contributed by atoms with E-state index in [2.05, 4.69) is 25.7 Å². The lowest BCUT2D eigenvalue weighted by atomic mass is 9.93. The summed E-state index contributed by atoms with van der Waals surface area (Å²) in [5, 5.41) is 8.97. The van der Waals surface area contributed by atoms with E-state index in [0.717, 1.165) is 71.0 Å². The second-order valence-electron chi connectivity index (χ2n) is 8.07. The van der Waals surface area contributed by atoms with Crippen molar-refractivity contribution in [3.63, 3.8) is 0 Å². The van der Waals surface area contributed by atoms with E-state index in [1.54, 1.807) is 0 Å². The molecule has 0 aromatic heterocycles. The first-order chi connectivity index (χ1) is 12.3. The molecular formula is C20H35NO5. The lowest BCUT2D eigenvalue weighted by Gasteiger charge is -2.26. The number of aliphatic carboxylic acids is 1. The fourth-order valence-corrected chi connectivity index (χ4v) is 2.75. The van der Waals surface area contributed by atoms with Gasteiger partial charge in [-0.1, -0.05) is 33.6 Å². The molecule has 0 aliphatic carbocycles. The maximum absolute atomic E-state index is 12.1. The maximum Gasteiger partial charge on any atom is 0.334 e. The standard InChI is InChI=1S/C20H35NO5/c1-20(2,3)9-13-26-19(24)17(16-18(22)23)8-6-4-5-7-10-21-11-14-25-15-12-21/h16H,4-15H2,1-3H3,(H,22,23)/b17-16+. The molecule has 0 unspecified atom stereocenters. The number of unbranched alkanes of at least 4 members (excludes halogenated alkanes) is 3. The van der Waals surface area contributed by atoms with E-state index in [-0.39, 0.29) is 11.0 Å². The van der Waals surface area contributed by atoms with Crippen LogP contribution in [0.3, 0.4) is 0 Å². The van der Waals surface area contributed by atoms with Gasteiger partial charge in [0.2, 0.25) is 0 Å². The summed E-state index contributed by atoms with van der Waals surface area (Å²) < 4.78 is 10.6. The molecule has 6 nitrogen and oxygen atoms in total. The van der Waals surface area contributed by atoms with E-state index >= 15 is 0 Å². The van der Waals surface area contributed by atoms with Crippen LogP contribution in [0.25, 0.3) is 0 Å². The second kappa shape index (κ2) is 12.1. The van der Waals surface area contributed by atoms with E-state index in [9.17, 15) is 9.59 Å². The summed E-state index contributed by atoms with van der Waals surface area (Å²) in [6, 6.07) is 0. The highest BCUT2D eigenvalue weighted by molar-refractivity contribution is 5.95. The Bertz CT molecular complexity index is 461. The largest absolute Gasteiger partial charge is 0.478 e. The Balaban J connectivity index is 2.24. The van der Waals surface area contributed by atoms with E-state index in [1.807, 2.05) is 0 Å². The van der Waals surface area contributed by atoms with Gasteiger partial charge < -0.3 is 14.6 Å². The highest BCUT2D eigenvalue weighted by atomic mass is 16.5. The number of carboxylic acids is 1. The predicted octanol–water partition coefficient (Wildman–Crippen LogP) is 3.26. The molecule has 0 aromatic carbocycles. The van der Waals surface area contributed by atoms with Crippen LogP contribution in [0.2, 0.25) is 0 Å². The molecule has 1 saturated heterocycles. The average molecular weight is 370 g/mol. The summed E-state index contributed by atoms with van der Waals surface area (Å²) >= 11 is 0. The monoisotopic (exact) mass is 369 g/mol. The second-order valence-corrected chi connectivity index (χ2v) is 8.07. The van der Waals surface area contributed by atoms with E-state index in [4.69, 9.17) is 14.6 Å². The molecule has 150 valence electrons. The lowest BCUT2D eigenvalue weighted by Crippen LogP contribution is -2.36. The van der Waals surface area contributed by atoms with Crippen molar-refractivity contribution in [2.75, 3.05) is 39.5 Å². The number of carbonyl (C=O) groups excluding carboxylic acids is 1.